The van der Waals surface area contributed by atoms with Crippen molar-refractivity contribution in [3.05, 3.63) is 0 Å². The molecule has 1 nitrogen and oxygen atoms in total. The van der Waals surface area contributed by atoms with Crippen LogP contribution in [0.2, 0.25) is 0 Å². The van der Waals surface area contributed by atoms with E-state index >= 15 is 0 Å². The average molecular weight is 179 g/mol. The lowest BCUT2D eigenvalue weighted by Crippen LogP contribution is -1.96. The Kier molecular flexibility index (Phi) is 1.93. The minimum atomic E-state index is 0.114. The molecule has 0 N–H and O–H groups in total. The van der Waals surface area contributed by atoms with Crippen molar-refractivity contribution < 1.29 is 4.74 Å². The van der Waals surface area contributed by atoms with Crippen LogP contribution >= 0.6 is 15.9 Å². The van der Waals surface area contributed by atoms with Crippen molar-refractivity contribution in [2.75, 3.05) is 6.61 Å². The normalized spacial score (nSPS) is 35.2. The summed E-state index contributed by atoms with van der Waals surface area (Å²) in [5.74, 6) is 0. The molecule has 2 heteroatoms. The maximum Gasteiger partial charge on any atom is 0.146 e. The van der Waals surface area contributed by atoms with Crippen molar-refractivity contribution in [1.29, 1.82) is 0 Å². The van der Waals surface area contributed by atoms with Gasteiger partial charge in [-0.15, -0.1) is 0 Å². The lowest BCUT2D eigenvalue weighted by molar-refractivity contribution is 0.372. The molecule has 1 saturated heterocycles. The van der Waals surface area contributed by atoms with E-state index in [1.807, 2.05) is 0 Å². The van der Waals surface area contributed by atoms with Gasteiger partial charge in [-0.3, -0.25) is 0 Å². The molecule has 0 amide bonds. The summed E-state index contributed by atoms with van der Waals surface area (Å²) in [4.78, 5) is 0. The van der Waals surface area contributed by atoms with Crippen LogP contribution in [0.1, 0.15) is 26.2 Å². The van der Waals surface area contributed by atoms with Crippen LogP contribution in [0.4, 0.5) is 0 Å². The van der Waals surface area contributed by atoms with E-state index in [1.165, 1.54) is 19.3 Å². The zero-order valence-corrected chi connectivity index (χ0v) is 6.70. The molecule has 1 aliphatic rings. The molecule has 1 atom stereocenters. The van der Waals surface area contributed by atoms with Crippen LogP contribution in [0.3, 0.4) is 0 Å². The van der Waals surface area contributed by atoms with Crippen LogP contribution in [-0.2, 0) is 4.74 Å². The van der Waals surface area contributed by atoms with Crippen LogP contribution < -0.4 is 0 Å². The summed E-state index contributed by atoms with van der Waals surface area (Å²) in [6.45, 7) is 3.10. The molecule has 1 heterocycles. The van der Waals surface area contributed by atoms with Gasteiger partial charge in [0.2, 0.25) is 0 Å². The van der Waals surface area contributed by atoms with Gasteiger partial charge in [0, 0.05) is 0 Å². The Hall–Kier alpha value is 0.440. The van der Waals surface area contributed by atoms with E-state index in [0.717, 1.165) is 6.61 Å². The van der Waals surface area contributed by atoms with E-state index in [-0.39, 0.29) is 4.51 Å². The van der Waals surface area contributed by atoms with Gasteiger partial charge in [0.15, 0.2) is 0 Å². The molecular weight excluding hydrogens is 168 g/mol. The minimum absolute atomic E-state index is 0.114. The van der Waals surface area contributed by atoms with Gasteiger partial charge in [0.25, 0.3) is 0 Å². The van der Waals surface area contributed by atoms with Crippen LogP contribution in [0.5, 0.6) is 0 Å². The fourth-order valence-corrected chi connectivity index (χ4v) is 1.06. The highest BCUT2D eigenvalue weighted by Crippen LogP contribution is 2.38. The summed E-state index contributed by atoms with van der Waals surface area (Å²) in [7, 11) is 0. The van der Waals surface area contributed by atoms with Gasteiger partial charge in [0.1, 0.15) is 4.51 Å². The number of unbranched alkanes of at least 4 members (excludes halogenated alkanes) is 1. The topological polar surface area (TPSA) is 12.5 Å². The number of alkyl halides is 1. The van der Waals surface area contributed by atoms with Crippen LogP contribution in [0, 0.1) is 0 Å². The first-order chi connectivity index (χ1) is 3.77. The number of hydrogen-bond donors (Lipinski definition) is 0. The molecule has 8 heavy (non-hydrogen) atoms. The van der Waals surface area contributed by atoms with E-state index in [0.29, 0.717) is 0 Å². The third-order valence-electron chi connectivity index (χ3n) is 1.36. The molecule has 1 rings (SSSR count). The van der Waals surface area contributed by atoms with Gasteiger partial charge in [-0.2, -0.15) is 0 Å². The summed E-state index contributed by atoms with van der Waals surface area (Å²) in [5.41, 5.74) is 0. The lowest BCUT2D eigenvalue weighted by atomic mass is 10.2. The van der Waals surface area contributed by atoms with Gasteiger partial charge in [-0.1, -0.05) is 29.3 Å². The predicted octanol–water partition coefficient (Wildman–Crippen LogP) is 2.30. The zero-order chi connectivity index (χ0) is 6.04. The highest BCUT2D eigenvalue weighted by molar-refractivity contribution is 9.10. The monoisotopic (exact) mass is 178 g/mol. The molecule has 0 saturated carbocycles. The molecule has 48 valence electrons. The Labute approximate surface area is 58.5 Å². The number of ether oxygens (including phenoxy) is 1. The second-order valence-electron chi connectivity index (χ2n) is 2.28. The smallest absolute Gasteiger partial charge is 0.146 e. The molecule has 0 aliphatic carbocycles. The second-order valence-corrected chi connectivity index (χ2v) is 3.72. The summed E-state index contributed by atoms with van der Waals surface area (Å²) in [6, 6.07) is 0. The van der Waals surface area contributed by atoms with Gasteiger partial charge >= 0.3 is 0 Å². The molecule has 0 bridgehead atoms. The molecule has 0 aromatic rings. The van der Waals surface area contributed by atoms with E-state index in [9.17, 15) is 0 Å². The van der Waals surface area contributed by atoms with Gasteiger partial charge in [-0.25, -0.2) is 0 Å². The van der Waals surface area contributed by atoms with Crippen molar-refractivity contribution in [3.63, 3.8) is 0 Å². The Morgan fingerprint density at radius 2 is 2.38 bits per heavy atom. The average Bonchev–Trinajstić information content (AvgIpc) is 2.45. The van der Waals surface area contributed by atoms with Crippen molar-refractivity contribution in [3.8, 4) is 0 Å². The Morgan fingerprint density at radius 3 is 2.75 bits per heavy atom. The third kappa shape index (κ3) is 1.75. The van der Waals surface area contributed by atoms with Crippen molar-refractivity contribution >= 4 is 15.9 Å². The largest absolute Gasteiger partial charge is 0.357 e. The van der Waals surface area contributed by atoms with Crippen LogP contribution in [0.25, 0.3) is 0 Å². The van der Waals surface area contributed by atoms with Crippen LogP contribution in [-0.4, -0.2) is 11.1 Å². The molecule has 1 fully saturated rings. The fraction of sp³-hybridized carbons (Fsp3) is 1.00. The summed E-state index contributed by atoms with van der Waals surface area (Å²) in [6.07, 6.45) is 3.70. The molecule has 0 aromatic heterocycles. The van der Waals surface area contributed by atoms with Gasteiger partial charge < -0.3 is 4.74 Å². The van der Waals surface area contributed by atoms with Gasteiger partial charge in [-0.05, 0) is 12.8 Å². The predicted molar refractivity (Wildman–Crippen MR) is 37.1 cm³/mol. The number of hydrogen-bond acceptors (Lipinski definition) is 1. The zero-order valence-electron chi connectivity index (χ0n) is 5.11. The Morgan fingerprint density at radius 1 is 1.75 bits per heavy atom. The van der Waals surface area contributed by atoms with Gasteiger partial charge in [0.05, 0.1) is 6.61 Å². The first kappa shape index (κ1) is 6.56. The number of rotatable bonds is 3. The first-order valence-corrected chi connectivity index (χ1v) is 3.89. The highest BCUT2D eigenvalue weighted by atomic mass is 79.9. The highest BCUT2D eigenvalue weighted by Gasteiger charge is 2.40. The van der Waals surface area contributed by atoms with E-state index < -0.39 is 0 Å². The standard InChI is InChI=1S/C6H11BrO/c1-2-3-4-6(7)5-8-6/h2-5H2,1H3. The summed E-state index contributed by atoms with van der Waals surface area (Å²) in [5, 5.41) is 0. The SMILES string of the molecule is CCCCC1(Br)CO1. The van der Waals surface area contributed by atoms with E-state index in [4.69, 9.17) is 4.74 Å². The summed E-state index contributed by atoms with van der Waals surface area (Å²) < 4.78 is 5.23. The third-order valence-corrected chi connectivity index (χ3v) is 2.22. The van der Waals surface area contributed by atoms with Crippen molar-refractivity contribution in [1.82, 2.24) is 0 Å². The Bertz CT molecular complexity index is 78.6. The summed E-state index contributed by atoms with van der Waals surface area (Å²) >= 11 is 3.47. The molecule has 1 aliphatic heterocycles. The molecule has 0 aromatic carbocycles. The van der Waals surface area contributed by atoms with E-state index in [1.54, 1.807) is 0 Å². The van der Waals surface area contributed by atoms with E-state index in [2.05, 4.69) is 22.9 Å². The van der Waals surface area contributed by atoms with Crippen molar-refractivity contribution in [2.24, 2.45) is 0 Å². The quantitative estimate of drug-likeness (QED) is 0.478. The van der Waals surface area contributed by atoms with Crippen molar-refractivity contribution in [2.45, 2.75) is 30.7 Å². The second kappa shape index (κ2) is 2.36. The molecule has 0 spiro atoms. The number of epoxide rings is 1. The molecular formula is C6H11BrO. The fourth-order valence-electron chi connectivity index (χ4n) is 0.663. The number of halogens is 1. The van der Waals surface area contributed by atoms with Crippen LogP contribution in [0.15, 0.2) is 0 Å². The maximum absolute atomic E-state index is 5.11. The molecule has 0 radical (unpaired) electrons. The molecule has 1 unspecified atom stereocenters. The Balaban J connectivity index is 2.01. The first-order valence-electron chi connectivity index (χ1n) is 3.10. The lowest BCUT2D eigenvalue weighted by Gasteiger charge is -1.97. The minimum Gasteiger partial charge on any atom is -0.357 e. The maximum atomic E-state index is 5.11.